The minimum Gasteiger partial charge on any atom is -0.457 e. The number of hydrogen-bond donors (Lipinski definition) is 1. The molecular weight excluding hydrogens is 400 g/mol. The number of ether oxygens (including phenoxy) is 2. The number of rotatable bonds is 26. The molecule has 1 N–H and O–H groups in total. The Hall–Kier alpha value is -0.610. The predicted octanol–water partition coefficient (Wildman–Crippen LogP) is 8.14. The van der Waals surface area contributed by atoms with Crippen molar-refractivity contribution in [3.63, 3.8) is 0 Å². The van der Waals surface area contributed by atoms with E-state index in [-0.39, 0.29) is 12.6 Å². The summed E-state index contributed by atoms with van der Waals surface area (Å²) in [6.45, 7) is 5.33. The molecule has 0 aliphatic rings. The topological polar surface area (TPSA) is 55.8 Å². The lowest BCUT2D eigenvalue weighted by atomic mass is 10.1. The summed E-state index contributed by atoms with van der Waals surface area (Å²) in [4.78, 5) is 12.0. The predicted molar refractivity (Wildman–Crippen MR) is 136 cm³/mol. The Balaban J connectivity index is 3.43. The Bertz CT molecular complexity index is 372. The maximum atomic E-state index is 12.0. The van der Waals surface area contributed by atoms with Crippen LogP contribution in [-0.4, -0.2) is 37.0 Å². The molecule has 0 aliphatic heterocycles. The fourth-order valence-electron chi connectivity index (χ4n) is 4.03. The summed E-state index contributed by atoms with van der Waals surface area (Å²) in [6.07, 6.45) is 25.5. The third-order valence-corrected chi connectivity index (χ3v) is 6.18. The second-order valence-corrected chi connectivity index (χ2v) is 9.48. The molecule has 1 unspecified atom stereocenters. The summed E-state index contributed by atoms with van der Waals surface area (Å²) in [5.74, 6) is -0.203. The Kier molecular flexibility index (Phi) is 26.1. The molecule has 0 bridgehead atoms. The van der Waals surface area contributed by atoms with E-state index in [1.54, 1.807) is 0 Å². The van der Waals surface area contributed by atoms with Crippen molar-refractivity contribution in [3.8, 4) is 0 Å². The van der Waals surface area contributed by atoms with E-state index in [1.165, 1.54) is 109 Å². The van der Waals surface area contributed by atoms with Gasteiger partial charge in [0.1, 0.15) is 6.10 Å². The third-order valence-electron chi connectivity index (χ3n) is 6.18. The molecule has 0 spiro atoms. The van der Waals surface area contributed by atoms with Gasteiger partial charge in [-0.15, -0.1) is 0 Å². The van der Waals surface area contributed by atoms with Crippen LogP contribution in [0.15, 0.2) is 0 Å². The Morgan fingerprint density at radius 3 is 1.47 bits per heavy atom. The first-order chi connectivity index (χ1) is 15.7. The molecule has 0 heterocycles. The van der Waals surface area contributed by atoms with Gasteiger partial charge in [-0.2, -0.15) is 0 Å². The molecule has 4 heteroatoms. The van der Waals surface area contributed by atoms with Crippen LogP contribution in [0.4, 0.5) is 0 Å². The van der Waals surface area contributed by atoms with Crippen molar-refractivity contribution in [2.75, 3.05) is 19.8 Å². The molecule has 0 saturated carbocycles. The van der Waals surface area contributed by atoms with Crippen LogP contribution in [0.5, 0.6) is 0 Å². The van der Waals surface area contributed by atoms with Crippen LogP contribution in [0.3, 0.4) is 0 Å². The Morgan fingerprint density at radius 2 is 1.03 bits per heavy atom. The van der Waals surface area contributed by atoms with Crippen molar-refractivity contribution >= 4 is 5.97 Å². The molecular formula is C28H56O4. The number of aliphatic hydroxyl groups excluding tert-OH is 1. The van der Waals surface area contributed by atoms with Crippen molar-refractivity contribution in [1.82, 2.24) is 0 Å². The van der Waals surface area contributed by atoms with Crippen LogP contribution >= 0.6 is 0 Å². The zero-order valence-electron chi connectivity index (χ0n) is 21.7. The minimum atomic E-state index is -0.520. The molecule has 1 atom stereocenters. The molecule has 4 nitrogen and oxygen atoms in total. The van der Waals surface area contributed by atoms with Gasteiger partial charge in [-0.05, 0) is 12.8 Å². The molecule has 192 valence electrons. The highest BCUT2D eigenvalue weighted by Crippen LogP contribution is 2.12. The summed E-state index contributed by atoms with van der Waals surface area (Å²) < 4.78 is 11.0. The number of carbonyl (C=O) groups is 1. The largest absolute Gasteiger partial charge is 0.457 e. The number of unbranched alkanes of at least 4 members (excludes halogenated alkanes) is 18. The van der Waals surface area contributed by atoms with Crippen molar-refractivity contribution in [2.45, 2.75) is 155 Å². The maximum Gasteiger partial charge on any atom is 0.306 e. The van der Waals surface area contributed by atoms with Crippen LogP contribution in [-0.2, 0) is 14.3 Å². The molecule has 0 amide bonds. The monoisotopic (exact) mass is 456 g/mol. The lowest BCUT2D eigenvalue weighted by Gasteiger charge is -2.16. The Morgan fingerprint density at radius 1 is 0.625 bits per heavy atom. The van der Waals surface area contributed by atoms with E-state index in [9.17, 15) is 9.90 Å². The fraction of sp³-hybridized carbons (Fsp3) is 0.964. The smallest absolute Gasteiger partial charge is 0.306 e. The molecule has 32 heavy (non-hydrogen) atoms. The van der Waals surface area contributed by atoms with E-state index >= 15 is 0 Å². The van der Waals surface area contributed by atoms with Gasteiger partial charge in [0.15, 0.2) is 0 Å². The first-order valence-corrected chi connectivity index (χ1v) is 14.1. The highest BCUT2D eigenvalue weighted by molar-refractivity contribution is 5.69. The maximum absolute atomic E-state index is 12.0. The quantitative estimate of drug-likeness (QED) is 0.105. The average molecular weight is 457 g/mol. The average Bonchev–Trinajstić information content (AvgIpc) is 2.80. The van der Waals surface area contributed by atoms with E-state index in [2.05, 4.69) is 13.8 Å². The van der Waals surface area contributed by atoms with Gasteiger partial charge in [-0.25, -0.2) is 0 Å². The van der Waals surface area contributed by atoms with Crippen LogP contribution in [0, 0.1) is 0 Å². The van der Waals surface area contributed by atoms with Crippen LogP contribution in [0.2, 0.25) is 0 Å². The van der Waals surface area contributed by atoms with Gasteiger partial charge in [-0.3, -0.25) is 4.79 Å². The van der Waals surface area contributed by atoms with Gasteiger partial charge in [0, 0.05) is 13.0 Å². The normalized spacial score (nSPS) is 12.2. The summed E-state index contributed by atoms with van der Waals surface area (Å²) in [7, 11) is 0. The van der Waals surface area contributed by atoms with Crippen LogP contribution in [0.1, 0.15) is 149 Å². The second-order valence-electron chi connectivity index (χ2n) is 9.48. The van der Waals surface area contributed by atoms with E-state index in [0.29, 0.717) is 19.6 Å². The summed E-state index contributed by atoms with van der Waals surface area (Å²) in [5.41, 5.74) is 0. The van der Waals surface area contributed by atoms with Crippen LogP contribution in [0.25, 0.3) is 0 Å². The molecule has 0 radical (unpaired) electrons. The zero-order chi connectivity index (χ0) is 23.5. The highest BCUT2D eigenvalue weighted by Gasteiger charge is 2.13. The van der Waals surface area contributed by atoms with Gasteiger partial charge in [-0.1, -0.05) is 129 Å². The van der Waals surface area contributed by atoms with Gasteiger partial charge >= 0.3 is 5.97 Å². The Labute approximate surface area is 200 Å². The van der Waals surface area contributed by atoms with Gasteiger partial charge < -0.3 is 14.6 Å². The van der Waals surface area contributed by atoms with E-state index in [0.717, 1.165) is 19.3 Å². The lowest BCUT2D eigenvalue weighted by Crippen LogP contribution is -2.27. The second kappa shape index (κ2) is 26.6. The van der Waals surface area contributed by atoms with Gasteiger partial charge in [0.25, 0.3) is 0 Å². The van der Waals surface area contributed by atoms with Crippen molar-refractivity contribution in [1.29, 1.82) is 0 Å². The van der Waals surface area contributed by atoms with E-state index in [4.69, 9.17) is 9.47 Å². The summed E-state index contributed by atoms with van der Waals surface area (Å²) in [6, 6.07) is 0. The fourth-order valence-corrected chi connectivity index (χ4v) is 4.03. The molecule has 0 aromatic carbocycles. The van der Waals surface area contributed by atoms with E-state index < -0.39 is 6.10 Å². The molecule has 0 rings (SSSR count). The third kappa shape index (κ3) is 24.0. The van der Waals surface area contributed by atoms with Crippen LogP contribution < -0.4 is 0 Å². The molecule has 0 aromatic rings. The van der Waals surface area contributed by atoms with Gasteiger partial charge in [0.2, 0.25) is 0 Å². The highest BCUT2D eigenvalue weighted by atomic mass is 16.6. The molecule has 0 aliphatic carbocycles. The summed E-state index contributed by atoms with van der Waals surface area (Å²) in [5, 5.41) is 9.44. The number of aliphatic hydroxyl groups is 1. The standard InChI is InChI=1S/C28H56O4/c1-3-5-7-9-11-13-14-16-18-20-22-24-31-26-27(25-29)32-28(30)23-21-19-17-15-12-10-8-6-4-2/h27,29H,3-26H2,1-2H3. The summed E-state index contributed by atoms with van der Waals surface area (Å²) >= 11 is 0. The zero-order valence-corrected chi connectivity index (χ0v) is 21.7. The first-order valence-electron chi connectivity index (χ1n) is 14.1. The van der Waals surface area contributed by atoms with Crippen molar-refractivity contribution in [3.05, 3.63) is 0 Å². The first kappa shape index (κ1) is 31.4. The minimum absolute atomic E-state index is 0.165. The SMILES string of the molecule is CCCCCCCCCCCCCOCC(CO)OC(=O)CCCCCCCCCCC. The number of esters is 1. The van der Waals surface area contributed by atoms with Gasteiger partial charge in [0.05, 0.1) is 13.2 Å². The lowest BCUT2D eigenvalue weighted by molar-refractivity contribution is -0.154. The van der Waals surface area contributed by atoms with E-state index in [1.807, 2.05) is 0 Å². The van der Waals surface area contributed by atoms with Crippen molar-refractivity contribution in [2.24, 2.45) is 0 Å². The molecule has 0 aromatic heterocycles. The molecule has 0 saturated heterocycles. The number of hydrogen-bond acceptors (Lipinski definition) is 4. The molecule has 0 fully saturated rings. The van der Waals surface area contributed by atoms with Crippen molar-refractivity contribution < 1.29 is 19.4 Å². The number of carbonyl (C=O) groups excluding carboxylic acids is 1.